The van der Waals surface area contributed by atoms with Crippen molar-refractivity contribution in [1.29, 1.82) is 0 Å². The molecule has 0 radical (unpaired) electrons. The highest BCUT2D eigenvalue weighted by molar-refractivity contribution is 5.66. The third kappa shape index (κ3) is 2.20. The summed E-state index contributed by atoms with van der Waals surface area (Å²) < 4.78 is 21.9. The van der Waals surface area contributed by atoms with Crippen molar-refractivity contribution in [3.05, 3.63) is 0 Å². The Balaban J connectivity index is 1.76. The van der Waals surface area contributed by atoms with Crippen LogP contribution in [-0.2, 0) is 28.5 Å². The number of carbonyl (C=O) groups excluding carboxylic acids is 2. The quantitative estimate of drug-likeness (QED) is 0.714. The molecule has 0 N–H and O–H groups in total. The first-order valence-electron chi connectivity index (χ1n) is 7.12. The molecule has 0 bridgehead atoms. The van der Waals surface area contributed by atoms with Gasteiger partial charge in [-0.25, -0.2) is 0 Å². The lowest BCUT2D eigenvalue weighted by atomic mass is 9.80. The van der Waals surface area contributed by atoms with Gasteiger partial charge >= 0.3 is 11.9 Å². The smallest absolute Gasteiger partial charge is 0.304 e. The monoisotopic (exact) mass is 284 g/mol. The zero-order valence-corrected chi connectivity index (χ0v) is 11.9. The van der Waals surface area contributed by atoms with E-state index >= 15 is 0 Å². The zero-order valence-electron chi connectivity index (χ0n) is 11.9. The first-order valence-corrected chi connectivity index (χ1v) is 7.12. The molecule has 0 aromatic carbocycles. The van der Waals surface area contributed by atoms with Gasteiger partial charge in [0, 0.05) is 31.6 Å². The maximum absolute atomic E-state index is 11.2. The van der Waals surface area contributed by atoms with Gasteiger partial charge < -0.3 is 18.9 Å². The van der Waals surface area contributed by atoms with Gasteiger partial charge in [0.2, 0.25) is 12.6 Å². The molecule has 0 spiro atoms. The van der Waals surface area contributed by atoms with Gasteiger partial charge in [0.25, 0.3) is 0 Å². The Morgan fingerprint density at radius 3 is 2.15 bits per heavy atom. The fourth-order valence-corrected chi connectivity index (χ4v) is 3.90. The Morgan fingerprint density at radius 1 is 0.950 bits per heavy atom. The second-order valence-electron chi connectivity index (χ2n) is 5.94. The van der Waals surface area contributed by atoms with Crippen LogP contribution >= 0.6 is 0 Å². The molecule has 7 atom stereocenters. The Labute approximate surface area is 117 Å². The van der Waals surface area contributed by atoms with E-state index in [1.807, 2.05) is 6.92 Å². The van der Waals surface area contributed by atoms with E-state index in [-0.39, 0.29) is 29.7 Å². The van der Waals surface area contributed by atoms with Crippen molar-refractivity contribution in [2.45, 2.75) is 52.5 Å². The first-order chi connectivity index (χ1) is 9.47. The number of carbonyl (C=O) groups is 2. The fraction of sp³-hybridized carbons (Fsp3) is 0.857. The molecule has 0 amide bonds. The topological polar surface area (TPSA) is 71.1 Å². The van der Waals surface area contributed by atoms with Crippen molar-refractivity contribution in [2.24, 2.45) is 23.7 Å². The zero-order chi connectivity index (χ0) is 14.4. The molecule has 0 aromatic rings. The minimum absolute atomic E-state index is 0.129. The lowest BCUT2D eigenvalue weighted by molar-refractivity contribution is -0.303. The number of hydrogen-bond donors (Lipinski definition) is 0. The normalized spacial score (nSPS) is 45.9. The van der Waals surface area contributed by atoms with E-state index in [9.17, 15) is 9.59 Å². The molecular formula is C14H20O6. The summed E-state index contributed by atoms with van der Waals surface area (Å²) in [5, 5.41) is 0. The minimum atomic E-state index is -0.575. The van der Waals surface area contributed by atoms with E-state index in [1.165, 1.54) is 13.8 Å². The highest BCUT2D eigenvalue weighted by atomic mass is 16.8. The lowest BCUT2D eigenvalue weighted by Crippen LogP contribution is -2.45. The van der Waals surface area contributed by atoms with Crippen LogP contribution in [0, 0.1) is 23.7 Å². The van der Waals surface area contributed by atoms with Gasteiger partial charge in [-0.2, -0.15) is 0 Å². The summed E-state index contributed by atoms with van der Waals surface area (Å²) in [5.41, 5.74) is 0. The molecule has 6 nitrogen and oxygen atoms in total. The maximum Gasteiger partial charge on any atom is 0.304 e. The predicted octanol–water partition coefficient (Wildman–Crippen LogP) is 1.43. The summed E-state index contributed by atoms with van der Waals surface area (Å²) in [6, 6.07) is 0. The predicted molar refractivity (Wildman–Crippen MR) is 65.9 cm³/mol. The molecule has 3 rings (SSSR count). The lowest BCUT2D eigenvalue weighted by Gasteiger charge is -2.39. The number of rotatable bonds is 2. The first kappa shape index (κ1) is 13.8. The summed E-state index contributed by atoms with van der Waals surface area (Å²) >= 11 is 0. The number of hydrogen-bond acceptors (Lipinski definition) is 6. The highest BCUT2D eigenvalue weighted by Gasteiger charge is 2.59. The third-order valence-corrected chi connectivity index (χ3v) is 4.69. The molecule has 20 heavy (non-hydrogen) atoms. The molecule has 0 aromatic heterocycles. The molecule has 1 aliphatic carbocycles. The van der Waals surface area contributed by atoms with Gasteiger partial charge in [0.1, 0.15) is 0 Å². The van der Waals surface area contributed by atoms with Gasteiger partial charge in [0.05, 0.1) is 0 Å². The third-order valence-electron chi connectivity index (χ3n) is 4.69. The van der Waals surface area contributed by atoms with E-state index in [0.29, 0.717) is 5.92 Å². The van der Waals surface area contributed by atoms with E-state index in [1.54, 1.807) is 0 Å². The maximum atomic E-state index is 11.2. The van der Waals surface area contributed by atoms with Crippen molar-refractivity contribution in [3.8, 4) is 0 Å². The van der Waals surface area contributed by atoms with Gasteiger partial charge in [-0.1, -0.05) is 6.92 Å². The van der Waals surface area contributed by atoms with Crippen LogP contribution in [0.4, 0.5) is 0 Å². The molecule has 3 aliphatic rings. The fourth-order valence-electron chi connectivity index (χ4n) is 3.90. The average Bonchev–Trinajstić information content (AvgIpc) is 2.89. The van der Waals surface area contributed by atoms with Gasteiger partial charge in [0.15, 0.2) is 6.29 Å². The molecule has 6 heteroatoms. The van der Waals surface area contributed by atoms with Crippen LogP contribution in [0.1, 0.15) is 33.6 Å². The summed E-state index contributed by atoms with van der Waals surface area (Å²) in [5.74, 6) is 0.218. The van der Waals surface area contributed by atoms with E-state index in [2.05, 4.69) is 0 Å². The Hall–Kier alpha value is -1.14. The van der Waals surface area contributed by atoms with Crippen LogP contribution in [0.5, 0.6) is 0 Å². The number of esters is 2. The van der Waals surface area contributed by atoms with Crippen molar-refractivity contribution in [3.63, 3.8) is 0 Å². The van der Waals surface area contributed by atoms with Crippen LogP contribution in [0.3, 0.4) is 0 Å². The Bertz CT molecular complexity index is 422. The van der Waals surface area contributed by atoms with E-state index < -0.39 is 18.9 Å². The summed E-state index contributed by atoms with van der Waals surface area (Å²) in [6.07, 6.45) is 0.418. The van der Waals surface area contributed by atoms with Crippen LogP contribution in [0.25, 0.3) is 0 Å². The van der Waals surface area contributed by atoms with Crippen molar-refractivity contribution in [2.75, 3.05) is 0 Å². The number of ether oxygens (including phenoxy) is 4. The molecule has 2 heterocycles. The van der Waals surface area contributed by atoms with Gasteiger partial charge in [-0.3, -0.25) is 9.59 Å². The van der Waals surface area contributed by atoms with Crippen LogP contribution in [0.15, 0.2) is 0 Å². The van der Waals surface area contributed by atoms with Crippen molar-refractivity contribution < 1.29 is 28.5 Å². The van der Waals surface area contributed by atoms with Gasteiger partial charge in [-0.05, 0) is 18.8 Å². The summed E-state index contributed by atoms with van der Waals surface area (Å²) in [7, 11) is 0. The second-order valence-corrected chi connectivity index (χ2v) is 5.94. The molecule has 3 fully saturated rings. The molecule has 1 saturated carbocycles. The average molecular weight is 284 g/mol. The van der Waals surface area contributed by atoms with E-state index in [4.69, 9.17) is 18.9 Å². The highest BCUT2D eigenvalue weighted by Crippen LogP contribution is 2.55. The summed E-state index contributed by atoms with van der Waals surface area (Å²) in [4.78, 5) is 22.3. The molecule has 1 unspecified atom stereocenters. The van der Waals surface area contributed by atoms with Crippen LogP contribution in [-0.4, -0.2) is 30.8 Å². The second kappa shape index (κ2) is 5.00. The molecule has 112 valence electrons. The van der Waals surface area contributed by atoms with E-state index in [0.717, 1.165) is 12.8 Å². The van der Waals surface area contributed by atoms with Crippen LogP contribution in [0.2, 0.25) is 0 Å². The molecular weight excluding hydrogens is 264 g/mol. The van der Waals surface area contributed by atoms with Crippen molar-refractivity contribution >= 4 is 11.9 Å². The molecule has 2 saturated heterocycles. The Morgan fingerprint density at radius 2 is 1.50 bits per heavy atom. The SMILES string of the molecule is CC(=O)OC1O[C@@H]2O[C@@H](OC(C)=O)[C@@H]3CC[C@@H]([C@H]23)[C@H]1C. The van der Waals surface area contributed by atoms with Crippen LogP contribution < -0.4 is 0 Å². The summed E-state index contributed by atoms with van der Waals surface area (Å²) in [6.45, 7) is 4.79. The standard InChI is InChI=1S/C14H20O6/c1-6-9-4-5-10-11(9)14(19-12(6)17-7(2)15)20-13(10)18-8(3)16/h6,9-14H,4-5H2,1-3H3/t6-,9-,10-,11+,12?,13-,14-/m1/s1. The molecule has 2 aliphatic heterocycles. The van der Waals surface area contributed by atoms with Gasteiger partial charge in [-0.15, -0.1) is 0 Å². The Kier molecular flexibility index (Phi) is 3.46. The largest absolute Gasteiger partial charge is 0.436 e. The van der Waals surface area contributed by atoms with Crippen molar-refractivity contribution in [1.82, 2.24) is 0 Å². The minimum Gasteiger partial charge on any atom is -0.436 e.